The van der Waals surface area contributed by atoms with Crippen LogP contribution in [0, 0.1) is 0 Å². The van der Waals surface area contributed by atoms with Crippen molar-refractivity contribution < 1.29 is 16.8 Å². The van der Waals surface area contributed by atoms with E-state index in [9.17, 15) is 16.8 Å². The summed E-state index contributed by atoms with van der Waals surface area (Å²) < 4.78 is 45.0. The summed E-state index contributed by atoms with van der Waals surface area (Å²) in [6.45, 7) is 3.02. The van der Waals surface area contributed by atoms with Gasteiger partial charge in [-0.1, -0.05) is 6.58 Å². The maximum Gasteiger partial charge on any atom is 0.317 e. The third-order valence-corrected chi connectivity index (χ3v) is 4.08. The highest BCUT2D eigenvalue weighted by molar-refractivity contribution is 8.16. The molecule has 0 aliphatic heterocycles. The smallest absolute Gasteiger partial charge is 0.231 e. The molecule has 16 heavy (non-hydrogen) atoms. The molecule has 0 aromatic rings. The highest BCUT2D eigenvalue weighted by Crippen LogP contribution is 2.10. The van der Waals surface area contributed by atoms with Crippen molar-refractivity contribution in [2.75, 3.05) is 14.1 Å². The standard InChI is InChI=1S/C5H11ClN4O4S2/c1-5(15(6,11)12)8-4-10(7)16(13,14)9(2)3/h4H,1,7H2,2-3H3/b8-4-. The van der Waals surface area contributed by atoms with Crippen LogP contribution in [0.2, 0.25) is 0 Å². The number of hydrogen-bond donors (Lipinski definition) is 1. The van der Waals surface area contributed by atoms with Gasteiger partial charge in [0.25, 0.3) is 9.05 Å². The van der Waals surface area contributed by atoms with Crippen molar-refractivity contribution in [3.05, 3.63) is 11.6 Å². The summed E-state index contributed by atoms with van der Waals surface area (Å²) in [5, 5.41) is -0.710. The van der Waals surface area contributed by atoms with Crippen LogP contribution in [-0.2, 0) is 19.3 Å². The predicted octanol–water partition coefficient (Wildman–Crippen LogP) is -0.963. The van der Waals surface area contributed by atoms with E-state index in [1.54, 1.807) is 0 Å². The number of nitrogens with zero attached hydrogens (tertiary/aromatic N) is 3. The molecule has 11 heteroatoms. The molecule has 0 unspecified atom stereocenters. The van der Waals surface area contributed by atoms with Crippen molar-refractivity contribution in [2.45, 2.75) is 0 Å². The summed E-state index contributed by atoms with van der Waals surface area (Å²) in [5.41, 5.74) is 0. The van der Waals surface area contributed by atoms with Crippen LogP contribution in [0.3, 0.4) is 0 Å². The van der Waals surface area contributed by atoms with Gasteiger partial charge in [-0.2, -0.15) is 17.1 Å². The van der Waals surface area contributed by atoms with Gasteiger partial charge in [-0.05, 0) is 0 Å². The lowest BCUT2D eigenvalue weighted by Gasteiger charge is -2.17. The number of nitrogens with two attached hydrogens (primary N) is 1. The van der Waals surface area contributed by atoms with Gasteiger partial charge in [-0.3, -0.25) is 0 Å². The van der Waals surface area contributed by atoms with Crippen molar-refractivity contribution in [2.24, 2.45) is 10.8 Å². The van der Waals surface area contributed by atoms with Crippen LogP contribution in [0.4, 0.5) is 0 Å². The summed E-state index contributed by atoms with van der Waals surface area (Å²) in [6.07, 6.45) is 0.581. The zero-order valence-electron chi connectivity index (χ0n) is 8.53. The number of rotatable bonds is 5. The van der Waals surface area contributed by atoms with Crippen LogP contribution in [-0.4, -0.2) is 46.0 Å². The van der Waals surface area contributed by atoms with Crippen molar-refractivity contribution in [3.8, 4) is 0 Å². The third-order valence-electron chi connectivity index (χ3n) is 1.32. The quantitative estimate of drug-likeness (QED) is 0.230. The monoisotopic (exact) mass is 290 g/mol. The van der Waals surface area contributed by atoms with Gasteiger partial charge in [0.05, 0.1) is 0 Å². The Balaban J connectivity index is 4.92. The first-order valence-electron chi connectivity index (χ1n) is 3.64. The Kier molecular flexibility index (Phi) is 4.88. The Labute approximate surface area is 98.6 Å². The maximum atomic E-state index is 11.3. The minimum atomic E-state index is -4.08. The number of halogens is 1. The fraction of sp³-hybridized carbons (Fsp3) is 0.400. The van der Waals surface area contributed by atoms with Crippen LogP contribution >= 0.6 is 10.7 Å². The van der Waals surface area contributed by atoms with E-state index in [-0.39, 0.29) is 4.41 Å². The van der Waals surface area contributed by atoms with Gasteiger partial charge in [0.2, 0.25) is 0 Å². The Hall–Kier alpha value is -0.680. The number of hydrogen-bond acceptors (Lipinski definition) is 6. The lowest BCUT2D eigenvalue weighted by molar-refractivity contribution is 0.465. The first-order valence-corrected chi connectivity index (χ1v) is 7.34. The maximum absolute atomic E-state index is 11.3. The second-order valence-corrected chi connectivity index (χ2v) is 7.31. The molecule has 0 aromatic carbocycles. The van der Waals surface area contributed by atoms with Crippen LogP contribution in [0.25, 0.3) is 0 Å². The molecule has 0 rings (SSSR count). The van der Waals surface area contributed by atoms with Gasteiger partial charge in [0.15, 0.2) is 5.03 Å². The Bertz CT molecular complexity index is 495. The first-order chi connectivity index (χ1) is 6.99. The van der Waals surface area contributed by atoms with Gasteiger partial charge < -0.3 is 0 Å². The number of aliphatic imine (C=N–C) groups is 1. The summed E-state index contributed by atoms with van der Waals surface area (Å²) in [4.78, 5) is 3.20. The van der Waals surface area contributed by atoms with Crippen LogP contribution in [0.15, 0.2) is 16.6 Å². The topological polar surface area (TPSA) is 113 Å². The van der Waals surface area contributed by atoms with Gasteiger partial charge in [-0.25, -0.2) is 19.3 Å². The predicted molar refractivity (Wildman–Crippen MR) is 61.0 cm³/mol. The lowest BCUT2D eigenvalue weighted by atomic mass is 11.0. The van der Waals surface area contributed by atoms with Crippen molar-refractivity contribution in [1.82, 2.24) is 8.72 Å². The van der Waals surface area contributed by atoms with Crippen molar-refractivity contribution in [1.29, 1.82) is 0 Å². The Morgan fingerprint density at radius 3 is 2.12 bits per heavy atom. The zero-order chi connectivity index (χ0) is 13.1. The summed E-state index contributed by atoms with van der Waals surface area (Å²) in [7, 11) is -0.601. The zero-order valence-corrected chi connectivity index (χ0v) is 10.9. The van der Waals surface area contributed by atoms with E-state index < -0.39 is 24.3 Å². The van der Waals surface area contributed by atoms with E-state index in [1.807, 2.05) is 0 Å². The second-order valence-electron chi connectivity index (χ2n) is 2.70. The molecular weight excluding hydrogens is 280 g/mol. The lowest BCUT2D eigenvalue weighted by Crippen LogP contribution is -2.43. The van der Waals surface area contributed by atoms with Gasteiger partial charge in [0, 0.05) is 24.8 Å². The van der Waals surface area contributed by atoms with E-state index in [2.05, 4.69) is 11.6 Å². The molecule has 0 radical (unpaired) electrons. The fourth-order valence-electron chi connectivity index (χ4n) is 0.432. The molecule has 0 spiro atoms. The van der Waals surface area contributed by atoms with Gasteiger partial charge in [-0.15, -0.1) is 0 Å². The van der Waals surface area contributed by atoms with Crippen LogP contribution < -0.4 is 5.84 Å². The van der Waals surface area contributed by atoms with E-state index in [0.29, 0.717) is 6.34 Å². The summed E-state index contributed by atoms with van der Waals surface area (Å²) in [5.74, 6) is 5.12. The Morgan fingerprint density at radius 1 is 1.38 bits per heavy atom. The highest BCUT2D eigenvalue weighted by atomic mass is 35.7. The summed E-state index contributed by atoms with van der Waals surface area (Å²) >= 11 is 0. The van der Waals surface area contributed by atoms with Crippen LogP contribution in [0.5, 0.6) is 0 Å². The minimum Gasteiger partial charge on any atom is -0.231 e. The van der Waals surface area contributed by atoms with E-state index >= 15 is 0 Å². The molecule has 8 nitrogen and oxygen atoms in total. The molecule has 2 N–H and O–H groups in total. The minimum absolute atomic E-state index is 0.236. The van der Waals surface area contributed by atoms with E-state index in [1.165, 1.54) is 14.1 Å². The van der Waals surface area contributed by atoms with Gasteiger partial charge in [0.1, 0.15) is 6.34 Å². The first kappa shape index (κ1) is 15.3. The third kappa shape index (κ3) is 4.06. The normalized spacial score (nSPS) is 13.3. The molecule has 0 heterocycles. The van der Waals surface area contributed by atoms with E-state index in [0.717, 1.165) is 4.31 Å². The largest absolute Gasteiger partial charge is 0.317 e. The molecule has 0 fully saturated rings. The molecule has 0 aliphatic carbocycles. The average Bonchev–Trinajstić information content (AvgIpc) is 2.11. The molecule has 94 valence electrons. The highest BCUT2D eigenvalue weighted by Gasteiger charge is 2.19. The van der Waals surface area contributed by atoms with Crippen LogP contribution in [0.1, 0.15) is 0 Å². The average molecular weight is 291 g/mol. The summed E-state index contributed by atoms with van der Waals surface area (Å²) in [6, 6.07) is 0. The van der Waals surface area contributed by atoms with E-state index in [4.69, 9.17) is 16.5 Å². The SMILES string of the molecule is C=C(/N=C\N(N)S(=O)(=O)N(C)C)S(=O)(=O)Cl. The molecule has 0 aromatic heterocycles. The Morgan fingerprint density at radius 2 is 1.81 bits per heavy atom. The van der Waals surface area contributed by atoms with Crippen molar-refractivity contribution in [3.63, 3.8) is 0 Å². The fourth-order valence-corrected chi connectivity index (χ4v) is 1.27. The molecule has 0 amide bonds. The van der Waals surface area contributed by atoms with Gasteiger partial charge >= 0.3 is 10.2 Å². The molecule has 0 saturated heterocycles. The van der Waals surface area contributed by atoms with Crippen molar-refractivity contribution >= 4 is 36.3 Å². The number of hydrazine groups is 1. The molecular formula is C5H11ClN4O4S2. The second kappa shape index (κ2) is 5.10. The molecule has 0 saturated carbocycles. The molecule has 0 aliphatic rings. The molecule has 0 bridgehead atoms. The molecule has 0 atom stereocenters.